The van der Waals surface area contributed by atoms with Crippen molar-refractivity contribution in [2.75, 3.05) is 0 Å². The van der Waals surface area contributed by atoms with E-state index < -0.39 is 11.8 Å². The molecule has 11 heteroatoms. The first-order valence-corrected chi connectivity index (χ1v) is 13.0. The Balaban J connectivity index is 1.40. The van der Waals surface area contributed by atoms with E-state index in [1.54, 1.807) is 25.8 Å². The molecule has 1 aliphatic heterocycles. The number of aromatic nitrogens is 5. The quantitative estimate of drug-likeness (QED) is 0.409. The highest BCUT2D eigenvalue weighted by Gasteiger charge is 2.33. The van der Waals surface area contributed by atoms with Crippen LogP contribution in [0.5, 0.6) is 0 Å². The number of carbonyl (C=O) groups excluding carboxylic acids is 1. The van der Waals surface area contributed by atoms with Crippen LogP contribution >= 0.6 is 23.1 Å². The minimum atomic E-state index is -0.750. The first kappa shape index (κ1) is 24.1. The maximum Gasteiger partial charge on any atom is 0.528 e. The minimum Gasteiger partial charge on any atom is -0.427 e. The van der Waals surface area contributed by atoms with Gasteiger partial charge in [-0.25, -0.2) is 9.78 Å². The summed E-state index contributed by atoms with van der Waals surface area (Å²) in [4.78, 5) is 22.5. The highest BCUT2D eigenvalue weighted by atomic mass is 35.5. The Labute approximate surface area is 213 Å². The number of benzene rings is 1. The molecule has 1 aromatic carbocycles. The maximum atomic E-state index is 12.4. The van der Waals surface area contributed by atoms with Gasteiger partial charge in [-0.05, 0) is 88.7 Å². The van der Waals surface area contributed by atoms with E-state index in [9.17, 15) is 4.79 Å². The molecule has 1 fully saturated rings. The van der Waals surface area contributed by atoms with Gasteiger partial charge in [0, 0.05) is 16.9 Å². The van der Waals surface area contributed by atoms with Crippen molar-refractivity contribution in [2.24, 2.45) is 0 Å². The summed E-state index contributed by atoms with van der Waals surface area (Å²) < 4.78 is 11.8. The Kier molecular flexibility index (Phi) is 6.54. The third-order valence-corrected chi connectivity index (χ3v) is 7.48. The molecule has 0 N–H and O–H groups in total. The molecule has 0 unspecified atom stereocenters. The lowest BCUT2D eigenvalue weighted by Gasteiger charge is -2.27. The monoisotopic (exact) mass is 516 g/mol. The first-order chi connectivity index (χ1) is 16.7. The van der Waals surface area contributed by atoms with Gasteiger partial charge in [0.25, 0.3) is 0 Å². The van der Waals surface area contributed by atoms with Gasteiger partial charge in [0.05, 0.1) is 18.8 Å². The summed E-state index contributed by atoms with van der Waals surface area (Å²) in [6.45, 7) is 8.00. The molecule has 0 atom stereocenters. The minimum absolute atomic E-state index is 0.281. The van der Waals surface area contributed by atoms with E-state index in [1.165, 1.54) is 11.5 Å². The van der Waals surface area contributed by atoms with Gasteiger partial charge in [0.15, 0.2) is 5.82 Å². The van der Waals surface area contributed by atoms with Crippen molar-refractivity contribution in [1.29, 1.82) is 0 Å². The van der Waals surface area contributed by atoms with Crippen LogP contribution in [0.4, 0.5) is 4.79 Å². The van der Waals surface area contributed by atoms with Gasteiger partial charge in [-0.3, -0.25) is 4.57 Å². The summed E-state index contributed by atoms with van der Waals surface area (Å²) in [6, 6.07) is 5.75. The predicted molar refractivity (Wildman–Crippen MR) is 132 cm³/mol. The maximum absolute atomic E-state index is 12.4. The number of nitrogens with zero attached hydrogens (tertiary/aromatic N) is 6. The Morgan fingerprint density at radius 2 is 1.86 bits per heavy atom. The van der Waals surface area contributed by atoms with Gasteiger partial charge in [-0.15, -0.1) is 15.3 Å². The molecule has 3 aromatic rings. The summed E-state index contributed by atoms with van der Waals surface area (Å²) in [5.41, 5.74) is 1.24. The van der Waals surface area contributed by atoms with Crippen molar-refractivity contribution >= 4 is 29.3 Å². The molecule has 2 aromatic heterocycles. The SMILES string of the molecule is Cc1nsc([C@H]2CC[C@H](c3nnc4n3-c3ccc(Cl)cc3CN(OC(=O)OC(C)(C)C)C4)CC2)n1. The molecule has 3 heterocycles. The van der Waals surface area contributed by atoms with Crippen LogP contribution in [0.2, 0.25) is 5.02 Å². The van der Waals surface area contributed by atoms with E-state index in [0.717, 1.165) is 53.6 Å². The third-order valence-electron chi connectivity index (χ3n) is 6.28. The molecule has 0 amide bonds. The van der Waals surface area contributed by atoms with E-state index in [1.807, 2.05) is 25.1 Å². The zero-order chi connectivity index (χ0) is 24.7. The Bertz CT molecular complexity index is 1230. The number of hydrogen-bond acceptors (Lipinski definition) is 9. The predicted octanol–water partition coefficient (Wildman–Crippen LogP) is 5.70. The van der Waals surface area contributed by atoms with Crippen LogP contribution < -0.4 is 0 Å². The van der Waals surface area contributed by atoms with Crippen LogP contribution in [-0.4, -0.2) is 40.9 Å². The third kappa shape index (κ3) is 5.34. The normalized spacial score (nSPS) is 20.6. The number of ether oxygens (including phenoxy) is 1. The zero-order valence-electron chi connectivity index (χ0n) is 20.3. The molecule has 0 saturated heterocycles. The Morgan fingerprint density at radius 3 is 2.54 bits per heavy atom. The van der Waals surface area contributed by atoms with Crippen LogP contribution in [-0.2, 0) is 22.7 Å². The highest BCUT2D eigenvalue weighted by Crippen LogP contribution is 2.41. The van der Waals surface area contributed by atoms with E-state index >= 15 is 0 Å². The Morgan fingerprint density at radius 1 is 1.11 bits per heavy atom. The largest absolute Gasteiger partial charge is 0.528 e. The summed E-state index contributed by atoms with van der Waals surface area (Å²) in [5.74, 6) is 3.24. The van der Waals surface area contributed by atoms with Gasteiger partial charge in [-0.2, -0.15) is 4.37 Å². The molecule has 186 valence electrons. The molecule has 35 heavy (non-hydrogen) atoms. The van der Waals surface area contributed by atoms with Gasteiger partial charge < -0.3 is 9.57 Å². The van der Waals surface area contributed by atoms with Crippen LogP contribution in [0.3, 0.4) is 0 Å². The van der Waals surface area contributed by atoms with Crippen LogP contribution in [0.1, 0.15) is 86.3 Å². The van der Waals surface area contributed by atoms with Crippen molar-refractivity contribution < 1.29 is 14.4 Å². The summed E-state index contributed by atoms with van der Waals surface area (Å²) in [5, 5.41) is 12.4. The number of hydroxylamine groups is 2. The van der Waals surface area contributed by atoms with E-state index in [2.05, 4.69) is 24.1 Å². The second kappa shape index (κ2) is 9.48. The molecule has 0 radical (unpaired) electrons. The molecular weight excluding hydrogens is 488 g/mol. The standard InChI is InChI=1S/C24H29ClN6O3S/c1-14-26-22(35-29-14)16-7-5-15(6-8-16)21-28-27-20-13-30(34-23(32)33-24(2,3)4)12-17-11-18(25)9-10-19(17)31(20)21/h9-11,15-16H,5-8,12-13H2,1-4H3/t15-,16-. The topological polar surface area (TPSA) is 95.3 Å². The average molecular weight is 517 g/mol. The number of hydrogen-bond donors (Lipinski definition) is 0. The molecule has 9 nitrogen and oxygen atoms in total. The fourth-order valence-electron chi connectivity index (χ4n) is 4.78. The molecule has 1 aliphatic carbocycles. The van der Waals surface area contributed by atoms with Gasteiger partial charge in [0.1, 0.15) is 22.3 Å². The lowest BCUT2D eigenvalue weighted by atomic mass is 9.82. The highest BCUT2D eigenvalue weighted by molar-refractivity contribution is 7.05. The fourth-order valence-corrected chi connectivity index (χ4v) is 5.80. The molecular formula is C24H29ClN6O3S. The average Bonchev–Trinajstić information content (AvgIpc) is 3.36. The summed E-state index contributed by atoms with van der Waals surface area (Å²) in [7, 11) is 0. The molecule has 1 saturated carbocycles. The van der Waals surface area contributed by atoms with Crippen LogP contribution in [0.25, 0.3) is 5.69 Å². The number of halogens is 1. The van der Waals surface area contributed by atoms with Crippen molar-refractivity contribution in [3.8, 4) is 5.69 Å². The Hall–Kier alpha value is -2.56. The van der Waals surface area contributed by atoms with Crippen molar-refractivity contribution in [2.45, 2.75) is 83.9 Å². The van der Waals surface area contributed by atoms with Crippen molar-refractivity contribution in [3.63, 3.8) is 0 Å². The van der Waals surface area contributed by atoms with Gasteiger partial charge in [-0.1, -0.05) is 11.6 Å². The number of aryl methyl sites for hydroxylation is 1. The van der Waals surface area contributed by atoms with Crippen LogP contribution in [0, 0.1) is 6.92 Å². The first-order valence-electron chi connectivity index (χ1n) is 11.9. The number of fused-ring (bicyclic) bond motifs is 3. The smallest absolute Gasteiger partial charge is 0.427 e. The van der Waals surface area contributed by atoms with E-state index in [-0.39, 0.29) is 12.5 Å². The van der Waals surface area contributed by atoms with Crippen LogP contribution in [0.15, 0.2) is 18.2 Å². The number of carbonyl (C=O) groups is 1. The molecule has 0 spiro atoms. The molecule has 0 bridgehead atoms. The summed E-state index contributed by atoms with van der Waals surface area (Å²) >= 11 is 7.85. The van der Waals surface area contributed by atoms with Gasteiger partial charge in [0.2, 0.25) is 0 Å². The molecule has 5 rings (SSSR count). The lowest BCUT2D eigenvalue weighted by Crippen LogP contribution is -2.31. The fraction of sp³-hybridized carbons (Fsp3) is 0.542. The molecule has 2 aliphatic rings. The lowest BCUT2D eigenvalue weighted by molar-refractivity contribution is -0.155. The van der Waals surface area contributed by atoms with Crippen molar-refractivity contribution in [3.05, 3.63) is 51.3 Å². The second-order valence-electron chi connectivity index (χ2n) is 10.2. The number of rotatable bonds is 3. The zero-order valence-corrected chi connectivity index (χ0v) is 21.9. The van der Waals surface area contributed by atoms with E-state index in [4.69, 9.17) is 21.2 Å². The summed E-state index contributed by atoms with van der Waals surface area (Å²) in [6.07, 6.45) is 3.34. The van der Waals surface area contributed by atoms with Crippen molar-refractivity contribution in [1.82, 2.24) is 29.2 Å². The second-order valence-corrected chi connectivity index (χ2v) is 11.4. The van der Waals surface area contributed by atoms with Gasteiger partial charge >= 0.3 is 6.16 Å². The van der Waals surface area contributed by atoms with E-state index in [0.29, 0.717) is 23.3 Å².